The molecule has 0 bridgehead atoms. The van der Waals surface area contributed by atoms with Crippen molar-refractivity contribution < 1.29 is 9.59 Å². The standard InChI is InChI=1S/C21H19Cl2NO2S/c1-13(2)27-19-18(16-9-8-15(22)12-17(16)23)20(25)24(21(19)26)11-10-14-6-4-3-5-7-14/h3-9,12-13H,10-11H2,1-2H3. The van der Waals surface area contributed by atoms with Gasteiger partial charge in [-0.3, -0.25) is 14.5 Å². The SMILES string of the molecule is CC(C)SC1=C(c2ccc(Cl)cc2Cl)C(=O)N(CCc2ccccc2)C1=O. The molecule has 6 heteroatoms. The second-order valence-corrected chi connectivity index (χ2v) is 8.92. The third-order valence-electron chi connectivity index (χ3n) is 4.15. The highest BCUT2D eigenvalue weighted by molar-refractivity contribution is 8.04. The Hall–Kier alpha value is -1.75. The monoisotopic (exact) mass is 419 g/mol. The van der Waals surface area contributed by atoms with Gasteiger partial charge in [-0.05, 0) is 24.1 Å². The zero-order valence-corrected chi connectivity index (χ0v) is 17.4. The van der Waals surface area contributed by atoms with Crippen LogP contribution in [-0.2, 0) is 16.0 Å². The van der Waals surface area contributed by atoms with E-state index in [0.29, 0.717) is 39.1 Å². The molecule has 0 fully saturated rings. The molecule has 0 N–H and O–H groups in total. The minimum atomic E-state index is -0.302. The molecule has 3 rings (SSSR count). The molecule has 0 radical (unpaired) electrons. The van der Waals surface area contributed by atoms with Crippen molar-refractivity contribution in [2.45, 2.75) is 25.5 Å². The minimum Gasteiger partial charge on any atom is -0.274 e. The van der Waals surface area contributed by atoms with Gasteiger partial charge in [-0.25, -0.2) is 0 Å². The van der Waals surface area contributed by atoms with Crippen LogP contribution in [0.1, 0.15) is 25.0 Å². The lowest BCUT2D eigenvalue weighted by molar-refractivity contribution is -0.136. The fraction of sp³-hybridized carbons (Fsp3) is 0.238. The molecule has 1 aliphatic heterocycles. The number of halogens is 2. The Balaban J connectivity index is 1.94. The first-order chi connectivity index (χ1) is 12.9. The molecule has 2 amide bonds. The van der Waals surface area contributed by atoms with E-state index in [1.807, 2.05) is 44.2 Å². The van der Waals surface area contributed by atoms with Crippen LogP contribution in [0.2, 0.25) is 10.0 Å². The fourth-order valence-corrected chi connectivity index (χ4v) is 4.42. The molecule has 0 saturated heterocycles. The summed E-state index contributed by atoms with van der Waals surface area (Å²) in [4.78, 5) is 27.9. The molecule has 1 heterocycles. The van der Waals surface area contributed by atoms with Crippen LogP contribution in [0.15, 0.2) is 53.4 Å². The first kappa shape index (κ1) is 20.0. The number of nitrogens with zero attached hydrogens (tertiary/aromatic N) is 1. The van der Waals surface area contributed by atoms with Crippen LogP contribution < -0.4 is 0 Å². The molecule has 0 spiro atoms. The number of benzene rings is 2. The number of hydrogen-bond donors (Lipinski definition) is 0. The number of thioether (sulfide) groups is 1. The quantitative estimate of drug-likeness (QED) is 0.583. The van der Waals surface area contributed by atoms with Gasteiger partial charge in [0, 0.05) is 22.4 Å². The largest absolute Gasteiger partial charge is 0.274 e. The number of imide groups is 1. The zero-order chi connectivity index (χ0) is 19.6. The van der Waals surface area contributed by atoms with Crippen molar-refractivity contribution in [3.63, 3.8) is 0 Å². The van der Waals surface area contributed by atoms with Gasteiger partial charge in [0.15, 0.2) is 0 Å². The van der Waals surface area contributed by atoms with Crippen LogP contribution in [0.4, 0.5) is 0 Å². The lowest BCUT2D eigenvalue weighted by Crippen LogP contribution is -2.33. The summed E-state index contributed by atoms with van der Waals surface area (Å²) in [7, 11) is 0. The Labute approximate surface area is 173 Å². The smallest absolute Gasteiger partial charge is 0.268 e. The van der Waals surface area contributed by atoms with Crippen molar-refractivity contribution in [3.05, 3.63) is 74.6 Å². The van der Waals surface area contributed by atoms with E-state index in [1.165, 1.54) is 16.7 Å². The predicted octanol–water partition coefficient (Wildman–Crippen LogP) is 5.46. The van der Waals surface area contributed by atoms with E-state index < -0.39 is 0 Å². The maximum Gasteiger partial charge on any atom is 0.268 e. The van der Waals surface area contributed by atoms with Crippen molar-refractivity contribution in [2.75, 3.05) is 6.54 Å². The van der Waals surface area contributed by atoms with Crippen molar-refractivity contribution in [2.24, 2.45) is 0 Å². The number of rotatable bonds is 6. The Kier molecular flexibility index (Phi) is 6.30. The normalized spacial score (nSPS) is 14.6. The first-order valence-electron chi connectivity index (χ1n) is 8.65. The first-order valence-corrected chi connectivity index (χ1v) is 10.3. The molecule has 3 nitrogen and oxygen atoms in total. The van der Waals surface area contributed by atoms with Crippen LogP contribution in [0.3, 0.4) is 0 Å². The van der Waals surface area contributed by atoms with E-state index in [-0.39, 0.29) is 17.1 Å². The molecule has 0 saturated carbocycles. The zero-order valence-electron chi connectivity index (χ0n) is 15.0. The van der Waals surface area contributed by atoms with Crippen molar-refractivity contribution in [3.8, 4) is 0 Å². The number of hydrogen-bond acceptors (Lipinski definition) is 3. The van der Waals surface area contributed by atoms with Gasteiger partial charge in [0.1, 0.15) is 0 Å². The fourth-order valence-electron chi connectivity index (χ4n) is 2.92. The second kappa shape index (κ2) is 8.51. The molecule has 140 valence electrons. The highest BCUT2D eigenvalue weighted by Gasteiger charge is 2.39. The van der Waals surface area contributed by atoms with Crippen molar-refractivity contribution >= 4 is 52.4 Å². The Morgan fingerprint density at radius 1 is 1.00 bits per heavy atom. The van der Waals surface area contributed by atoms with Gasteiger partial charge in [0.25, 0.3) is 11.8 Å². The van der Waals surface area contributed by atoms with Gasteiger partial charge in [-0.2, -0.15) is 0 Å². The average Bonchev–Trinajstić information content (AvgIpc) is 2.84. The average molecular weight is 420 g/mol. The summed E-state index contributed by atoms with van der Waals surface area (Å²) >= 11 is 13.7. The molecule has 2 aromatic rings. The molecule has 27 heavy (non-hydrogen) atoms. The van der Waals surface area contributed by atoms with Crippen molar-refractivity contribution in [1.82, 2.24) is 4.90 Å². The molecular weight excluding hydrogens is 401 g/mol. The maximum absolute atomic E-state index is 13.1. The highest BCUT2D eigenvalue weighted by Crippen LogP contribution is 2.40. The summed E-state index contributed by atoms with van der Waals surface area (Å²) in [6.45, 7) is 4.31. The van der Waals surface area contributed by atoms with E-state index in [1.54, 1.807) is 18.2 Å². The van der Waals surface area contributed by atoms with Crippen LogP contribution in [0.25, 0.3) is 5.57 Å². The van der Waals surface area contributed by atoms with Crippen LogP contribution in [-0.4, -0.2) is 28.5 Å². The minimum absolute atomic E-state index is 0.159. The third kappa shape index (κ3) is 4.40. The molecule has 0 aliphatic carbocycles. The molecule has 0 atom stereocenters. The number of carbonyl (C=O) groups is 2. The van der Waals surface area contributed by atoms with Crippen LogP contribution in [0.5, 0.6) is 0 Å². The van der Waals surface area contributed by atoms with Gasteiger partial charge in [-0.1, -0.05) is 73.4 Å². The van der Waals surface area contributed by atoms with E-state index in [0.717, 1.165) is 5.56 Å². The van der Waals surface area contributed by atoms with Gasteiger partial charge in [-0.15, -0.1) is 11.8 Å². The Bertz CT molecular complexity index is 910. The van der Waals surface area contributed by atoms with Crippen molar-refractivity contribution in [1.29, 1.82) is 0 Å². The highest BCUT2D eigenvalue weighted by atomic mass is 35.5. The van der Waals surface area contributed by atoms with E-state index in [9.17, 15) is 9.59 Å². The lowest BCUT2D eigenvalue weighted by Gasteiger charge is -2.15. The second-order valence-electron chi connectivity index (χ2n) is 6.49. The summed E-state index contributed by atoms with van der Waals surface area (Å²) in [5.74, 6) is -0.557. The van der Waals surface area contributed by atoms with Gasteiger partial charge in [0.05, 0.1) is 15.5 Å². The molecule has 2 aromatic carbocycles. The number of amides is 2. The van der Waals surface area contributed by atoms with Gasteiger partial charge >= 0.3 is 0 Å². The topological polar surface area (TPSA) is 37.4 Å². The molecular formula is C21H19Cl2NO2S. The number of carbonyl (C=O) groups excluding carboxylic acids is 2. The van der Waals surface area contributed by atoms with E-state index in [2.05, 4.69) is 0 Å². The van der Waals surface area contributed by atoms with Gasteiger partial charge in [0.2, 0.25) is 0 Å². The summed E-state index contributed by atoms with van der Waals surface area (Å²) in [5, 5.41) is 1.01. The predicted molar refractivity (Wildman–Crippen MR) is 113 cm³/mol. The lowest BCUT2D eigenvalue weighted by atomic mass is 10.1. The molecule has 1 aliphatic rings. The van der Waals surface area contributed by atoms with Gasteiger partial charge < -0.3 is 0 Å². The molecule has 0 unspecified atom stereocenters. The Morgan fingerprint density at radius 3 is 2.33 bits per heavy atom. The van der Waals surface area contributed by atoms with E-state index in [4.69, 9.17) is 23.2 Å². The summed E-state index contributed by atoms with van der Waals surface area (Å²) in [6.07, 6.45) is 0.611. The molecule has 0 aromatic heterocycles. The third-order valence-corrected chi connectivity index (χ3v) is 5.78. The van der Waals surface area contributed by atoms with E-state index >= 15 is 0 Å². The Morgan fingerprint density at radius 2 is 1.70 bits per heavy atom. The maximum atomic E-state index is 13.1. The summed E-state index contributed by atoms with van der Waals surface area (Å²) in [6, 6.07) is 14.8. The van der Waals surface area contributed by atoms with Crippen LogP contribution >= 0.6 is 35.0 Å². The summed E-state index contributed by atoms with van der Waals surface area (Å²) < 4.78 is 0. The van der Waals surface area contributed by atoms with Crippen LogP contribution in [0, 0.1) is 0 Å². The summed E-state index contributed by atoms with van der Waals surface area (Å²) in [5.41, 5.74) is 1.99.